The van der Waals surface area contributed by atoms with E-state index in [1.165, 1.54) is 12.8 Å². The van der Waals surface area contributed by atoms with Crippen molar-refractivity contribution in [2.24, 2.45) is 0 Å². The fraction of sp³-hybridized carbons (Fsp3) is 1.00. The van der Waals surface area contributed by atoms with Crippen LogP contribution in [0.3, 0.4) is 0 Å². The van der Waals surface area contributed by atoms with Gasteiger partial charge in [-0.25, -0.2) is 0 Å². The summed E-state index contributed by atoms with van der Waals surface area (Å²) in [6.07, 6.45) is 6.71. The lowest BCUT2D eigenvalue weighted by molar-refractivity contribution is 0.0990. The van der Waals surface area contributed by atoms with Gasteiger partial charge in [0.1, 0.15) is 0 Å². The number of hydrogen-bond acceptors (Lipinski definition) is 3. The molecule has 3 atom stereocenters. The predicted octanol–water partition coefficient (Wildman–Crippen LogP) is 1.44. The zero-order valence-corrected chi connectivity index (χ0v) is 10.9. The van der Waals surface area contributed by atoms with Gasteiger partial charge in [-0.15, -0.1) is 0 Å². The zero-order chi connectivity index (χ0) is 11.4. The standard InChI is InChI=1S/C12H23NO2S/c1-13-10-3-2-4-12(9-10)16(14)11-5-7-15-8-6-11/h10-13H,2-9H2,1H3. The minimum absolute atomic E-state index is 0.398. The maximum absolute atomic E-state index is 12.4. The van der Waals surface area contributed by atoms with Crippen LogP contribution in [0.2, 0.25) is 0 Å². The Morgan fingerprint density at radius 1 is 1.12 bits per heavy atom. The van der Waals surface area contributed by atoms with Crippen molar-refractivity contribution in [2.75, 3.05) is 20.3 Å². The summed E-state index contributed by atoms with van der Waals surface area (Å²) < 4.78 is 17.8. The van der Waals surface area contributed by atoms with Crippen LogP contribution < -0.4 is 5.32 Å². The second-order valence-electron chi connectivity index (χ2n) is 4.91. The van der Waals surface area contributed by atoms with E-state index in [1.54, 1.807) is 0 Å². The molecular weight excluding hydrogens is 222 g/mol. The highest BCUT2D eigenvalue weighted by molar-refractivity contribution is 7.86. The van der Waals surface area contributed by atoms with E-state index in [2.05, 4.69) is 5.32 Å². The summed E-state index contributed by atoms with van der Waals surface area (Å²) in [6.45, 7) is 1.61. The molecule has 1 N–H and O–H groups in total. The second kappa shape index (κ2) is 6.12. The highest BCUT2D eigenvalue weighted by atomic mass is 32.2. The molecule has 1 saturated heterocycles. The lowest BCUT2D eigenvalue weighted by Gasteiger charge is -2.32. The molecule has 1 aliphatic heterocycles. The molecular formula is C12H23NO2S. The Morgan fingerprint density at radius 3 is 2.56 bits per heavy atom. The molecule has 3 unspecified atom stereocenters. The maximum atomic E-state index is 12.4. The third-order valence-corrected chi connectivity index (χ3v) is 6.07. The molecule has 16 heavy (non-hydrogen) atoms. The van der Waals surface area contributed by atoms with Gasteiger partial charge in [0.2, 0.25) is 0 Å². The van der Waals surface area contributed by atoms with Crippen molar-refractivity contribution in [2.45, 2.75) is 55.1 Å². The average Bonchev–Trinajstić information content (AvgIpc) is 2.39. The van der Waals surface area contributed by atoms with Crippen molar-refractivity contribution in [3.63, 3.8) is 0 Å². The van der Waals surface area contributed by atoms with Crippen LogP contribution in [0.4, 0.5) is 0 Å². The molecule has 0 aromatic rings. The van der Waals surface area contributed by atoms with E-state index in [-0.39, 0.29) is 0 Å². The Labute approximate surface area is 101 Å². The molecule has 0 bridgehead atoms. The largest absolute Gasteiger partial charge is 0.381 e. The highest BCUT2D eigenvalue weighted by Crippen LogP contribution is 2.27. The fourth-order valence-electron chi connectivity index (χ4n) is 2.80. The molecule has 2 aliphatic rings. The molecule has 1 saturated carbocycles. The first kappa shape index (κ1) is 12.5. The van der Waals surface area contributed by atoms with Gasteiger partial charge in [0.05, 0.1) is 0 Å². The Kier molecular flexibility index (Phi) is 4.79. The minimum atomic E-state index is -0.635. The Bertz CT molecular complexity index is 241. The second-order valence-corrected chi connectivity index (χ2v) is 6.90. The van der Waals surface area contributed by atoms with Gasteiger partial charge in [-0.3, -0.25) is 4.21 Å². The normalized spacial score (nSPS) is 34.8. The number of nitrogens with one attached hydrogen (secondary N) is 1. The molecule has 3 nitrogen and oxygen atoms in total. The van der Waals surface area contributed by atoms with Crippen LogP contribution >= 0.6 is 0 Å². The molecule has 0 amide bonds. The molecule has 2 fully saturated rings. The molecule has 0 aromatic heterocycles. The summed E-state index contributed by atoms with van der Waals surface area (Å²) in [4.78, 5) is 0. The Hall–Kier alpha value is 0.0700. The molecule has 2 rings (SSSR count). The lowest BCUT2D eigenvalue weighted by atomic mass is 9.95. The van der Waals surface area contributed by atoms with Gasteiger partial charge in [0.15, 0.2) is 0 Å². The topological polar surface area (TPSA) is 38.3 Å². The van der Waals surface area contributed by atoms with Crippen molar-refractivity contribution in [3.8, 4) is 0 Å². The van der Waals surface area contributed by atoms with E-state index < -0.39 is 10.8 Å². The van der Waals surface area contributed by atoms with Crippen molar-refractivity contribution in [1.29, 1.82) is 0 Å². The van der Waals surface area contributed by atoms with Crippen molar-refractivity contribution in [3.05, 3.63) is 0 Å². The van der Waals surface area contributed by atoms with Crippen molar-refractivity contribution in [1.82, 2.24) is 5.32 Å². The summed E-state index contributed by atoms with van der Waals surface area (Å²) in [7, 11) is 1.38. The zero-order valence-electron chi connectivity index (χ0n) is 10.1. The van der Waals surface area contributed by atoms with Gasteiger partial charge in [-0.05, 0) is 39.2 Å². The molecule has 1 aliphatic carbocycles. The third-order valence-electron chi connectivity index (χ3n) is 3.86. The Morgan fingerprint density at radius 2 is 1.88 bits per heavy atom. The van der Waals surface area contributed by atoms with Gasteiger partial charge in [-0.2, -0.15) is 0 Å². The van der Waals surface area contributed by atoms with E-state index in [1.807, 2.05) is 7.05 Å². The monoisotopic (exact) mass is 245 g/mol. The van der Waals surface area contributed by atoms with E-state index in [9.17, 15) is 4.21 Å². The van der Waals surface area contributed by atoms with E-state index in [0.717, 1.165) is 38.9 Å². The van der Waals surface area contributed by atoms with E-state index in [0.29, 0.717) is 16.5 Å². The maximum Gasteiger partial charge on any atom is 0.0477 e. The van der Waals surface area contributed by atoms with Crippen LogP contribution in [0.5, 0.6) is 0 Å². The molecule has 0 radical (unpaired) electrons. The fourth-order valence-corrected chi connectivity index (χ4v) is 4.82. The third kappa shape index (κ3) is 3.05. The molecule has 4 heteroatoms. The summed E-state index contributed by atoms with van der Waals surface area (Å²) in [6, 6.07) is 0.586. The quantitative estimate of drug-likeness (QED) is 0.818. The SMILES string of the molecule is CNC1CCCC(S(=O)C2CCOCC2)C1. The summed E-state index contributed by atoms with van der Waals surface area (Å²) in [5.41, 5.74) is 0. The van der Waals surface area contributed by atoms with Crippen molar-refractivity contribution < 1.29 is 8.95 Å². The predicted molar refractivity (Wildman–Crippen MR) is 67.1 cm³/mol. The van der Waals surface area contributed by atoms with Gasteiger partial charge < -0.3 is 10.1 Å². The lowest BCUT2D eigenvalue weighted by Crippen LogP contribution is -2.39. The van der Waals surface area contributed by atoms with Crippen LogP contribution in [0.1, 0.15) is 38.5 Å². The van der Waals surface area contributed by atoms with Gasteiger partial charge in [0.25, 0.3) is 0 Å². The molecule has 94 valence electrons. The van der Waals surface area contributed by atoms with Crippen LogP contribution in [0.25, 0.3) is 0 Å². The number of ether oxygens (including phenoxy) is 1. The van der Waals surface area contributed by atoms with Crippen LogP contribution in [0.15, 0.2) is 0 Å². The van der Waals surface area contributed by atoms with Crippen LogP contribution in [0, 0.1) is 0 Å². The molecule has 0 aromatic carbocycles. The van der Waals surface area contributed by atoms with Crippen LogP contribution in [-0.4, -0.2) is 41.0 Å². The van der Waals surface area contributed by atoms with Gasteiger partial charge in [-0.1, -0.05) is 6.42 Å². The first-order chi connectivity index (χ1) is 7.81. The van der Waals surface area contributed by atoms with Gasteiger partial charge >= 0.3 is 0 Å². The first-order valence-corrected chi connectivity index (χ1v) is 7.73. The molecule has 0 spiro atoms. The minimum Gasteiger partial charge on any atom is -0.381 e. The summed E-state index contributed by atoms with van der Waals surface area (Å²) in [5.74, 6) is 0. The highest BCUT2D eigenvalue weighted by Gasteiger charge is 2.30. The average molecular weight is 245 g/mol. The first-order valence-electron chi connectivity index (χ1n) is 6.45. The molecule has 1 heterocycles. The smallest absolute Gasteiger partial charge is 0.0477 e. The van der Waals surface area contributed by atoms with Gasteiger partial charge in [0, 0.05) is 40.6 Å². The summed E-state index contributed by atoms with van der Waals surface area (Å²) in [5, 5.41) is 4.16. The van der Waals surface area contributed by atoms with Crippen LogP contribution in [-0.2, 0) is 15.5 Å². The number of hydrogen-bond donors (Lipinski definition) is 1. The van der Waals surface area contributed by atoms with E-state index >= 15 is 0 Å². The summed E-state index contributed by atoms with van der Waals surface area (Å²) >= 11 is 0. The number of rotatable bonds is 3. The van der Waals surface area contributed by atoms with E-state index in [4.69, 9.17) is 4.74 Å². The Balaban J connectivity index is 1.87. The van der Waals surface area contributed by atoms with Crippen molar-refractivity contribution >= 4 is 10.8 Å².